The molecular formula is C12H9Cl2N. The van der Waals surface area contributed by atoms with Crippen molar-refractivity contribution >= 4 is 23.2 Å². The van der Waals surface area contributed by atoms with Crippen LogP contribution in [-0.2, 0) is 0 Å². The summed E-state index contributed by atoms with van der Waals surface area (Å²) in [5.74, 6) is 0. The average Bonchev–Trinajstić information content (AvgIpc) is 2.30. The first kappa shape index (κ1) is 10.5. The molecule has 2 aromatic rings. The highest BCUT2D eigenvalue weighted by Crippen LogP contribution is 2.31. The van der Waals surface area contributed by atoms with Gasteiger partial charge in [0, 0.05) is 11.2 Å². The van der Waals surface area contributed by atoms with Crippen molar-refractivity contribution in [2.45, 2.75) is 5.38 Å². The Morgan fingerprint density at radius 3 is 2.40 bits per heavy atom. The van der Waals surface area contributed by atoms with E-state index >= 15 is 0 Å². The van der Waals surface area contributed by atoms with E-state index in [-0.39, 0.29) is 5.38 Å². The maximum absolute atomic E-state index is 6.29. The third-order valence-electron chi connectivity index (χ3n) is 2.13. The lowest BCUT2D eigenvalue weighted by molar-refractivity contribution is 1.04. The van der Waals surface area contributed by atoms with Crippen LogP contribution in [0, 0.1) is 0 Å². The van der Waals surface area contributed by atoms with Gasteiger partial charge in [0.1, 0.15) is 5.38 Å². The average molecular weight is 238 g/mol. The molecule has 0 amide bonds. The van der Waals surface area contributed by atoms with Crippen LogP contribution >= 0.6 is 23.2 Å². The van der Waals surface area contributed by atoms with Crippen molar-refractivity contribution in [1.29, 1.82) is 0 Å². The van der Waals surface area contributed by atoms with Gasteiger partial charge in [0.05, 0.1) is 5.69 Å². The van der Waals surface area contributed by atoms with Crippen molar-refractivity contribution in [2.24, 2.45) is 0 Å². The summed E-state index contributed by atoms with van der Waals surface area (Å²) in [5, 5.41) is 0.378. The molecule has 0 fully saturated rings. The van der Waals surface area contributed by atoms with Gasteiger partial charge in [-0.1, -0.05) is 35.9 Å². The number of hydrogen-bond donors (Lipinski definition) is 0. The van der Waals surface area contributed by atoms with Crippen LogP contribution in [0.4, 0.5) is 0 Å². The van der Waals surface area contributed by atoms with Crippen molar-refractivity contribution in [3.05, 3.63) is 64.9 Å². The molecule has 1 aromatic heterocycles. The van der Waals surface area contributed by atoms with Crippen molar-refractivity contribution < 1.29 is 0 Å². The summed E-state index contributed by atoms with van der Waals surface area (Å²) in [5.41, 5.74) is 1.70. The predicted octanol–water partition coefficient (Wildman–Crippen LogP) is 4.06. The molecule has 1 atom stereocenters. The zero-order valence-corrected chi connectivity index (χ0v) is 9.41. The Balaban J connectivity index is 2.37. The molecule has 1 aromatic carbocycles. The van der Waals surface area contributed by atoms with Crippen LogP contribution in [0.3, 0.4) is 0 Å². The molecule has 0 N–H and O–H groups in total. The normalized spacial score (nSPS) is 12.4. The molecule has 0 bridgehead atoms. The van der Waals surface area contributed by atoms with Gasteiger partial charge >= 0.3 is 0 Å². The van der Waals surface area contributed by atoms with Crippen LogP contribution in [0.5, 0.6) is 0 Å². The largest absolute Gasteiger partial charge is 0.259 e. The van der Waals surface area contributed by atoms with Gasteiger partial charge in [-0.25, -0.2) is 0 Å². The summed E-state index contributed by atoms with van der Waals surface area (Å²) in [6, 6.07) is 13.2. The molecule has 1 unspecified atom stereocenters. The van der Waals surface area contributed by atoms with Crippen LogP contribution in [0.25, 0.3) is 0 Å². The number of hydrogen-bond acceptors (Lipinski definition) is 1. The zero-order valence-electron chi connectivity index (χ0n) is 7.90. The quantitative estimate of drug-likeness (QED) is 0.719. The second kappa shape index (κ2) is 4.65. The highest BCUT2D eigenvalue weighted by Gasteiger charge is 2.13. The fraction of sp³-hybridized carbons (Fsp3) is 0.0833. The van der Waals surface area contributed by atoms with E-state index in [1.807, 2.05) is 42.5 Å². The Morgan fingerprint density at radius 2 is 1.73 bits per heavy atom. The van der Waals surface area contributed by atoms with E-state index in [1.54, 1.807) is 6.20 Å². The topological polar surface area (TPSA) is 12.9 Å². The summed E-state index contributed by atoms with van der Waals surface area (Å²) in [6.07, 6.45) is 1.72. The number of nitrogens with zero attached hydrogens (tertiary/aromatic N) is 1. The SMILES string of the molecule is Clc1ccccc1C(Cl)c1ccccn1. The molecule has 0 aliphatic carbocycles. The summed E-state index contributed by atoms with van der Waals surface area (Å²) in [7, 11) is 0. The first-order valence-electron chi connectivity index (χ1n) is 4.58. The van der Waals surface area contributed by atoms with Crippen molar-refractivity contribution in [3.8, 4) is 0 Å². The Labute approximate surface area is 98.7 Å². The summed E-state index contributed by atoms with van der Waals surface area (Å²) < 4.78 is 0. The first-order chi connectivity index (χ1) is 7.29. The van der Waals surface area contributed by atoms with Gasteiger partial charge in [-0.05, 0) is 23.8 Å². The molecule has 0 aliphatic heterocycles. The molecule has 1 nitrogen and oxygen atoms in total. The van der Waals surface area contributed by atoms with Gasteiger partial charge in [-0.15, -0.1) is 11.6 Å². The Kier molecular flexibility index (Phi) is 3.24. The van der Waals surface area contributed by atoms with Crippen LogP contribution in [0.2, 0.25) is 5.02 Å². The molecule has 0 radical (unpaired) electrons. The molecule has 0 saturated heterocycles. The lowest BCUT2D eigenvalue weighted by atomic mass is 10.1. The number of rotatable bonds is 2. The van der Waals surface area contributed by atoms with E-state index in [9.17, 15) is 0 Å². The molecule has 76 valence electrons. The summed E-state index contributed by atoms with van der Waals surface area (Å²) in [6.45, 7) is 0. The lowest BCUT2D eigenvalue weighted by Gasteiger charge is -2.10. The number of alkyl halides is 1. The fourth-order valence-electron chi connectivity index (χ4n) is 1.37. The van der Waals surface area contributed by atoms with E-state index in [0.29, 0.717) is 5.02 Å². The van der Waals surface area contributed by atoms with E-state index in [0.717, 1.165) is 11.3 Å². The van der Waals surface area contributed by atoms with Crippen molar-refractivity contribution in [3.63, 3.8) is 0 Å². The molecule has 0 aliphatic rings. The fourth-order valence-corrected chi connectivity index (χ4v) is 1.99. The van der Waals surface area contributed by atoms with Gasteiger partial charge in [0.25, 0.3) is 0 Å². The van der Waals surface area contributed by atoms with Crippen LogP contribution in [-0.4, -0.2) is 4.98 Å². The number of pyridine rings is 1. The minimum Gasteiger partial charge on any atom is -0.259 e. The zero-order chi connectivity index (χ0) is 10.7. The Bertz CT molecular complexity index is 442. The van der Waals surface area contributed by atoms with Crippen LogP contribution in [0.1, 0.15) is 16.6 Å². The predicted molar refractivity (Wildman–Crippen MR) is 63.4 cm³/mol. The maximum atomic E-state index is 6.29. The van der Waals surface area contributed by atoms with E-state index in [4.69, 9.17) is 23.2 Å². The smallest absolute Gasteiger partial charge is 0.102 e. The standard InChI is InChI=1S/C12H9Cl2N/c13-10-6-2-1-5-9(10)12(14)11-7-3-4-8-15-11/h1-8,12H. The van der Waals surface area contributed by atoms with Crippen molar-refractivity contribution in [1.82, 2.24) is 4.98 Å². The minimum absolute atomic E-state index is 0.292. The molecule has 1 heterocycles. The van der Waals surface area contributed by atoms with Crippen molar-refractivity contribution in [2.75, 3.05) is 0 Å². The van der Waals surface area contributed by atoms with Crippen LogP contribution in [0.15, 0.2) is 48.7 Å². The van der Waals surface area contributed by atoms with Gasteiger partial charge in [0.15, 0.2) is 0 Å². The maximum Gasteiger partial charge on any atom is 0.102 e. The van der Waals surface area contributed by atoms with Gasteiger partial charge < -0.3 is 0 Å². The highest BCUT2D eigenvalue weighted by molar-refractivity contribution is 6.33. The van der Waals surface area contributed by atoms with Crippen LogP contribution < -0.4 is 0 Å². The Morgan fingerprint density at radius 1 is 1.00 bits per heavy atom. The second-order valence-corrected chi connectivity index (χ2v) is 3.98. The molecule has 0 spiro atoms. The number of aromatic nitrogens is 1. The third kappa shape index (κ3) is 2.31. The molecule has 2 rings (SSSR count). The molecular weight excluding hydrogens is 229 g/mol. The number of benzene rings is 1. The first-order valence-corrected chi connectivity index (χ1v) is 5.40. The monoisotopic (exact) mass is 237 g/mol. The summed E-state index contributed by atoms with van der Waals surface area (Å²) >= 11 is 12.3. The molecule has 0 saturated carbocycles. The van der Waals surface area contributed by atoms with Gasteiger partial charge in [-0.3, -0.25) is 4.98 Å². The Hall–Kier alpha value is -1.05. The van der Waals surface area contributed by atoms with Gasteiger partial charge in [0.2, 0.25) is 0 Å². The second-order valence-electron chi connectivity index (χ2n) is 3.14. The summed E-state index contributed by atoms with van der Waals surface area (Å²) in [4.78, 5) is 4.21. The highest BCUT2D eigenvalue weighted by atomic mass is 35.5. The third-order valence-corrected chi connectivity index (χ3v) is 2.93. The van der Waals surface area contributed by atoms with E-state index in [1.165, 1.54) is 0 Å². The lowest BCUT2D eigenvalue weighted by Crippen LogP contribution is -1.96. The number of halogens is 2. The van der Waals surface area contributed by atoms with E-state index in [2.05, 4.69) is 4.98 Å². The van der Waals surface area contributed by atoms with Gasteiger partial charge in [-0.2, -0.15) is 0 Å². The minimum atomic E-state index is -0.292. The molecule has 15 heavy (non-hydrogen) atoms. The molecule has 3 heteroatoms. The van der Waals surface area contributed by atoms with E-state index < -0.39 is 0 Å².